The standard InChI is InChI=1S/C16H13F2N3O2S/c1-21-5-4-15(20-21)19-16(22)14-6-10(9-24-14)8-23-13-3-2-11(17)7-12(13)18/h2-7,9H,8H2,1H3,(H,19,20,22). The smallest absolute Gasteiger partial charge is 0.266 e. The van der Waals surface area contributed by atoms with Crippen LogP contribution in [-0.2, 0) is 13.7 Å². The summed E-state index contributed by atoms with van der Waals surface area (Å²) >= 11 is 1.25. The Morgan fingerprint density at radius 2 is 2.17 bits per heavy atom. The van der Waals surface area contributed by atoms with Crippen molar-refractivity contribution in [1.82, 2.24) is 9.78 Å². The summed E-state index contributed by atoms with van der Waals surface area (Å²) in [5, 5.41) is 8.49. The molecule has 0 bridgehead atoms. The Labute approximate surface area is 140 Å². The molecule has 0 unspecified atom stereocenters. The molecule has 5 nitrogen and oxygen atoms in total. The number of nitrogens with zero attached hydrogens (tertiary/aromatic N) is 2. The minimum absolute atomic E-state index is 0.0397. The molecule has 2 aromatic heterocycles. The van der Waals surface area contributed by atoms with E-state index < -0.39 is 11.6 Å². The normalized spacial score (nSPS) is 10.6. The van der Waals surface area contributed by atoms with Crippen LogP contribution in [-0.4, -0.2) is 15.7 Å². The van der Waals surface area contributed by atoms with Gasteiger partial charge >= 0.3 is 0 Å². The summed E-state index contributed by atoms with van der Waals surface area (Å²) < 4.78 is 33.2. The van der Waals surface area contributed by atoms with Crippen LogP contribution in [0.15, 0.2) is 41.9 Å². The van der Waals surface area contributed by atoms with Gasteiger partial charge in [0.2, 0.25) is 0 Å². The third kappa shape index (κ3) is 3.77. The van der Waals surface area contributed by atoms with E-state index in [1.165, 1.54) is 17.4 Å². The number of carbonyl (C=O) groups excluding carboxylic acids is 1. The highest BCUT2D eigenvalue weighted by Gasteiger charge is 2.12. The van der Waals surface area contributed by atoms with Crippen LogP contribution in [0, 0.1) is 11.6 Å². The lowest BCUT2D eigenvalue weighted by atomic mass is 10.3. The summed E-state index contributed by atoms with van der Waals surface area (Å²) in [7, 11) is 1.75. The van der Waals surface area contributed by atoms with Crippen molar-refractivity contribution >= 4 is 23.1 Å². The Bertz CT molecular complexity index is 876. The minimum Gasteiger partial charge on any atom is -0.486 e. The van der Waals surface area contributed by atoms with Crippen LogP contribution in [0.5, 0.6) is 5.75 Å². The molecule has 1 N–H and O–H groups in total. The van der Waals surface area contributed by atoms with E-state index in [1.54, 1.807) is 35.4 Å². The summed E-state index contributed by atoms with van der Waals surface area (Å²) in [6, 6.07) is 6.45. The molecular weight excluding hydrogens is 336 g/mol. The predicted octanol–water partition coefficient (Wildman–Crippen LogP) is 3.59. The van der Waals surface area contributed by atoms with Crippen molar-refractivity contribution in [2.24, 2.45) is 7.05 Å². The summed E-state index contributed by atoms with van der Waals surface area (Å²) in [5.74, 6) is -1.29. The number of aryl methyl sites for hydroxylation is 1. The van der Waals surface area contributed by atoms with Gasteiger partial charge in [-0.15, -0.1) is 11.3 Å². The summed E-state index contributed by atoms with van der Waals surface area (Å²) in [5.41, 5.74) is 0.717. The molecule has 8 heteroatoms. The van der Waals surface area contributed by atoms with Crippen LogP contribution in [0.1, 0.15) is 15.2 Å². The van der Waals surface area contributed by atoms with Crippen LogP contribution >= 0.6 is 11.3 Å². The molecule has 0 spiro atoms. The van der Waals surface area contributed by atoms with Gasteiger partial charge in [0.05, 0.1) is 4.88 Å². The van der Waals surface area contributed by atoms with Gasteiger partial charge in [0.25, 0.3) is 5.91 Å². The zero-order valence-corrected chi connectivity index (χ0v) is 13.4. The first kappa shape index (κ1) is 16.1. The van der Waals surface area contributed by atoms with Crippen molar-refractivity contribution < 1.29 is 18.3 Å². The molecular formula is C16H13F2N3O2S. The van der Waals surface area contributed by atoms with Gasteiger partial charge in [0.15, 0.2) is 17.4 Å². The molecule has 0 atom stereocenters. The lowest BCUT2D eigenvalue weighted by molar-refractivity contribution is 0.103. The SMILES string of the molecule is Cn1ccc(NC(=O)c2cc(COc3ccc(F)cc3F)cs2)n1. The monoisotopic (exact) mass is 349 g/mol. The van der Waals surface area contributed by atoms with E-state index in [1.807, 2.05) is 0 Å². The lowest BCUT2D eigenvalue weighted by Gasteiger charge is -2.05. The van der Waals surface area contributed by atoms with Crippen molar-refractivity contribution in [3.8, 4) is 5.75 Å². The van der Waals surface area contributed by atoms with E-state index in [2.05, 4.69) is 10.4 Å². The Kier molecular flexibility index (Phi) is 4.57. The second-order valence-electron chi connectivity index (χ2n) is 5.01. The Morgan fingerprint density at radius 1 is 1.33 bits per heavy atom. The Morgan fingerprint density at radius 3 is 2.88 bits per heavy atom. The number of aromatic nitrogens is 2. The van der Waals surface area contributed by atoms with Crippen molar-refractivity contribution in [2.45, 2.75) is 6.61 Å². The quantitative estimate of drug-likeness (QED) is 0.766. The van der Waals surface area contributed by atoms with Crippen LogP contribution in [0.3, 0.4) is 0 Å². The number of rotatable bonds is 5. The second-order valence-corrected chi connectivity index (χ2v) is 5.92. The van der Waals surface area contributed by atoms with Gasteiger partial charge in [0, 0.05) is 30.9 Å². The average molecular weight is 349 g/mol. The highest BCUT2D eigenvalue weighted by atomic mass is 32.1. The first-order valence-electron chi connectivity index (χ1n) is 6.97. The van der Waals surface area contributed by atoms with E-state index >= 15 is 0 Å². The highest BCUT2D eigenvalue weighted by Crippen LogP contribution is 2.21. The molecule has 0 radical (unpaired) electrons. The number of nitrogens with one attached hydrogen (secondary N) is 1. The molecule has 2 heterocycles. The average Bonchev–Trinajstić information content (AvgIpc) is 3.15. The van der Waals surface area contributed by atoms with Crippen LogP contribution < -0.4 is 10.1 Å². The molecule has 24 heavy (non-hydrogen) atoms. The number of benzene rings is 1. The molecule has 1 amide bonds. The molecule has 3 aromatic rings. The zero-order valence-electron chi connectivity index (χ0n) is 12.6. The number of anilines is 1. The van der Waals surface area contributed by atoms with E-state index in [0.717, 1.165) is 17.7 Å². The maximum Gasteiger partial charge on any atom is 0.266 e. The third-order valence-corrected chi connectivity index (χ3v) is 4.10. The van der Waals surface area contributed by atoms with E-state index in [0.29, 0.717) is 10.7 Å². The van der Waals surface area contributed by atoms with Gasteiger partial charge in [-0.1, -0.05) is 0 Å². The van der Waals surface area contributed by atoms with Crippen molar-refractivity contribution in [1.29, 1.82) is 0 Å². The number of thiophene rings is 1. The van der Waals surface area contributed by atoms with E-state index in [9.17, 15) is 13.6 Å². The number of halogens is 2. The van der Waals surface area contributed by atoms with Gasteiger partial charge in [-0.25, -0.2) is 8.78 Å². The highest BCUT2D eigenvalue weighted by molar-refractivity contribution is 7.12. The number of carbonyl (C=O) groups is 1. The molecule has 3 rings (SSSR count). The number of hydrogen-bond acceptors (Lipinski definition) is 4. The molecule has 0 aliphatic carbocycles. The molecule has 0 aliphatic heterocycles. The van der Waals surface area contributed by atoms with Crippen LogP contribution in [0.25, 0.3) is 0 Å². The first-order valence-corrected chi connectivity index (χ1v) is 7.85. The Balaban J connectivity index is 1.61. The fourth-order valence-electron chi connectivity index (χ4n) is 1.98. The molecule has 124 valence electrons. The predicted molar refractivity (Wildman–Crippen MR) is 86.2 cm³/mol. The lowest BCUT2D eigenvalue weighted by Crippen LogP contribution is -2.11. The number of ether oxygens (including phenoxy) is 1. The van der Waals surface area contributed by atoms with E-state index in [4.69, 9.17) is 4.74 Å². The van der Waals surface area contributed by atoms with Crippen LogP contribution in [0.4, 0.5) is 14.6 Å². The first-order chi connectivity index (χ1) is 11.5. The van der Waals surface area contributed by atoms with Gasteiger partial charge in [-0.05, 0) is 23.6 Å². The summed E-state index contributed by atoms with van der Waals surface area (Å²) in [6.45, 7) is 0.0793. The Hall–Kier alpha value is -2.74. The van der Waals surface area contributed by atoms with Gasteiger partial charge < -0.3 is 10.1 Å². The van der Waals surface area contributed by atoms with E-state index in [-0.39, 0.29) is 18.3 Å². The van der Waals surface area contributed by atoms with Crippen molar-refractivity contribution in [3.05, 3.63) is 64.0 Å². The molecule has 0 saturated heterocycles. The summed E-state index contributed by atoms with van der Waals surface area (Å²) in [6.07, 6.45) is 1.72. The molecule has 1 aromatic carbocycles. The van der Waals surface area contributed by atoms with Crippen molar-refractivity contribution in [3.63, 3.8) is 0 Å². The number of amides is 1. The maximum absolute atomic E-state index is 13.5. The molecule has 0 aliphatic rings. The number of hydrogen-bond donors (Lipinski definition) is 1. The van der Waals surface area contributed by atoms with Gasteiger partial charge in [0.1, 0.15) is 12.4 Å². The summed E-state index contributed by atoms with van der Waals surface area (Å²) in [4.78, 5) is 12.6. The second kappa shape index (κ2) is 6.79. The zero-order chi connectivity index (χ0) is 17.1. The van der Waals surface area contributed by atoms with Gasteiger partial charge in [-0.2, -0.15) is 5.10 Å². The minimum atomic E-state index is -0.765. The fraction of sp³-hybridized carbons (Fsp3) is 0.125. The largest absolute Gasteiger partial charge is 0.486 e. The topological polar surface area (TPSA) is 56.2 Å². The van der Waals surface area contributed by atoms with Crippen molar-refractivity contribution in [2.75, 3.05) is 5.32 Å². The molecule has 0 saturated carbocycles. The van der Waals surface area contributed by atoms with Gasteiger partial charge in [-0.3, -0.25) is 9.48 Å². The molecule has 0 fully saturated rings. The fourth-order valence-corrected chi connectivity index (χ4v) is 2.78. The van der Waals surface area contributed by atoms with Crippen LogP contribution in [0.2, 0.25) is 0 Å². The third-order valence-electron chi connectivity index (χ3n) is 3.12. The maximum atomic E-state index is 13.5.